The SMILES string of the molecule is C.Cc1nc(-c2ccccc2)ncc1C(=O)NCC1CCC(Nc2nc(N(C)C)c3ccccc3n2)CC1. The molecule has 5 rings (SSSR count). The summed E-state index contributed by atoms with van der Waals surface area (Å²) in [6.07, 6.45) is 5.74. The summed E-state index contributed by atoms with van der Waals surface area (Å²) in [5.41, 5.74) is 3.10. The highest BCUT2D eigenvalue weighted by atomic mass is 16.1. The van der Waals surface area contributed by atoms with Gasteiger partial charge in [-0.25, -0.2) is 15.0 Å². The number of anilines is 2. The second kappa shape index (κ2) is 12.0. The van der Waals surface area contributed by atoms with Crippen LogP contribution in [0.25, 0.3) is 22.3 Å². The fraction of sp³-hybridized carbons (Fsp3) is 0.367. The number of carbonyl (C=O) groups excluding carboxylic acids is 1. The van der Waals surface area contributed by atoms with Crippen molar-refractivity contribution in [2.24, 2.45) is 5.92 Å². The molecular formula is C30H37N7O. The summed E-state index contributed by atoms with van der Waals surface area (Å²) < 4.78 is 0. The number of benzene rings is 2. The van der Waals surface area contributed by atoms with Gasteiger partial charge >= 0.3 is 0 Å². The number of fused-ring (bicyclic) bond motifs is 1. The molecule has 2 aromatic carbocycles. The third-order valence-corrected chi connectivity index (χ3v) is 6.99. The number of para-hydroxylation sites is 1. The third-order valence-electron chi connectivity index (χ3n) is 6.99. The molecule has 2 heterocycles. The van der Waals surface area contributed by atoms with Crippen molar-refractivity contribution < 1.29 is 4.79 Å². The number of hydrogen-bond acceptors (Lipinski definition) is 7. The van der Waals surface area contributed by atoms with E-state index < -0.39 is 0 Å². The summed E-state index contributed by atoms with van der Waals surface area (Å²) >= 11 is 0. The van der Waals surface area contributed by atoms with Crippen molar-refractivity contribution in [3.05, 3.63) is 72.1 Å². The van der Waals surface area contributed by atoms with Crippen LogP contribution in [-0.4, -0.2) is 52.5 Å². The summed E-state index contributed by atoms with van der Waals surface area (Å²) in [6, 6.07) is 18.2. The Labute approximate surface area is 225 Å². The number of amides is 1. The van der Waals surface area contributed by atoms with Crippen molar-refractivity contribution in [3.8, 4) is 11.4 Å². The normalized spacial score (nSPS) is 16.9. The Morgan fingerprint density at radius 2 is 1.66 bits per heavy atom. The van der Waals surface area contributed by atoms with Crippen LogP contribution in [0.2, 0.25) is 0 Å². The van der Waals surface area contributed by atoms with Crippen molar-refractivity contribution in [2.75, 3.05) is 30.9 Å². The Morgan fingerprint density at radius 1 is 0.947 bits per heavy atom. The van der Waals surface area contributed by atoms with E-state index in [1.807, 2.05) is 74.4 Å². The van der Waals surface area contributed by atoms with Crippen LogP contribution in [0.1, 0.15) is 49.2 Å². The molecule has 1 aliphatic rings. The first-order valence-corrected chi connectivity index (χ1v) is 12.9. The van der Waals surface area contributed by atoms with Crippen LogP contribution in [0.4, 0.5) is 11.8 Å². The molecule has 0 unspecified atom stereocenters. The number of nitrogens with one attached hydrogen (secondary N) is 2. The number of hydrogen-bond donors (Lipinski definition) is 2. The van der Waals surface area contributed by atoms with E-state index in [-0.39, 0.29) is 13.3 Å². The van der Waals surface area contributed by atoms with Crippen LogP contribution in [0.5, 0.6) is 0 Å². The van der Waals surface area contributed by atoms with Gasteiger partial charge in [-0.1, -0.05) is 49.9 Å². The number of aromatic nitrogens is 4. The van der Waals surface area contributed by atoms with Crippen molar-refractivity contribution in [1.29, 1.82) is 0 Å². The lowest BCUT2D eigenvalue weighted by Crippen LogP contribution is -2.34. The van der Waals surface area contributed by atoms with E-state index in [1.165, 1.54) is 0 Å². The molecule has 8 heteroatoms. The van der Waals surface area contributed by atoms with Crippen molar-refractivity contribution in [3.63, 3.8) is 0 Å². The third kappa shape index (κ3) is 6.07. The fourth-order valence-electron chi connectivity index (χ4n) is 4.91. The Bertz CT molecular complexity index is 1380. The highest BCUT2D eigenvalue weighted by molar-refractivity contribution is 5.95. The van der Waals surface area contributed by atoms with Crippen molar-refractivity contribution in [1.82, 2.24) is 25.3 Å². The first-order chi connectivity index (χ1) is 18.0. The molecule has 2 N–H and O–H groups in total. The molecule has 0 atom stereocenters. The molecule has 0 aliphatic heterocycles. The molecule has 198 valence electrons. The second-order valence-corrected chi connectivity index (χ2v) is 9.91. The van der Waals surface area contributed by atoms with Gasteiger partial charge in [0, 0.05) is 43.8 Å². The van der Waals surface area contributed by atoms with Gasteiger partial charge in [-0.05, 0) is 50.7 Å². The minimum Gasteiger partial charge on any atom is -0.362 e. The zero-order chi connectivity index (χ0) is 25.8. The lowest BCUT2D eigenvalue weighted by Gasteiger charge is -2.29. The van der Waals surface area contributed by atoms with Gasteiger partial charge in [-0.3, -0.25) is 4.79 Å². The molecule has 0 bridgehead atoms. The van der Waals surface area contributed by atoms with Gasteiger partial charge in [0.1, 0.15) is 5.82 Å². The zero-order valence-corrected chi connectivity index (χ0v) is 21.6. The predicted octanol–water partition coefficient (Wildman–Crippen LogP) is 5.50. The van der Waals surface area contributed by atoms with Gasteiger partial charge in [-0.15, -0.1) is 0 Å². The molecule has 1 aliphatic carbocycles. The summed E-state index contributed by atoms with van der Waals surface area (Å²) in [5, 5.41) is 7.71. The van der Waals surface area contributed by atoms with Crippen LogP contribution >= 0.6 is 0 Å². The summed E-state index contributed by atoms with van der Waals surface area (Å²) in [6.45, 7) is 2.51. The van der Waals surface area contributed by atoms with E-state index in [2.05, 4.69) is 26.7 Å². The molecule has 1 saturated carbocycles. The summed E-state index contributed by atoms with van der Waals surface area (Å²) in [4.78, 5) is 33.3. The minimum absolute atomic E-state index is 0. The van der Waals surface area contributed by atoms with Crippen LogP contribution in [0.15, 0.2) is 60.8 Å². The number of carbonyl (C=O) groups is 1. The molecular weight excluding hydrogens is 474 g/mol. The average Bonchev–Trinajstić information content (AvgIpc) is 2.92. The smallest absolute Gasteiger partial charge is 0.254 e. The number of aryl methyl sites for hydroxylation is 1. The Balaban J connectivity index is 0.00000336. The first kappa shape index (κ1) is 27.0. The van der Waals surface area contributed by atoms with Gasteiger partial charge in [-0.2, -0.15) is 4.98 Å². The van der Waals surface area contributed by atoms with Crippen LogP contribution in [0, 0.1) is 12.8 Å². The van der Waals surface area contributed by atoms with Crippen molar-refractivity contribution in [2.45, 2.75) is 46.1 Å². The average molecular weight is 512 g/mol. The van der Waals surface area contributed by atoms with E-state index in [0.29, 0.717) is 41.5 Å². The lowest BCUT2D eigenvalue weighted by atomic mass is 9.86. The quantitative estimate of drug-likeness (QED) is 0.338. The standard InChI is InChI=1S/C29H33N7O.CH4/c1-19-24(18-30-26(32-19)21-9-5-4-6-10-21)28(37)31-17-20-13-15-22(16-14-20)33-29-34-25-12-8-7-11-23(25)27(35-29)36(2)3;/h4-12,18,20,22H,13-17H2,1-3H3,(H,31,37)(H,33,34,35);1H4. The fourth-order valence-corrected chi connectivity index (χ4v) is 4.91. The molecule has 0 saturated heterocycles. The van der Waals surface area contributed by atoms with Gasteiger partial charge in [0.05, 0.1) is 16.8 Å². The van der Waals surface area contributed by atoms with E-state index in [9.17, 15) is 4.79 Å². The first-order valence-electron chi connectivity index (χ1n) is 12.9. The largest absolute Gasteiger partial charge is 0.362 e. The molecule has 1 amide bonds. The maximum atomic E-state index is 12.8. The van der Waals surface area contributed by atoms with Gasteiger partial charge in [0.15, 0.2) is 5.82 Å². The van der Waals surface area contributed by atoms with Gasteiger partial charge in [0.2, 0.25) is 5.95 Å². The summed E-state index contributed by atoms with van der Waals surface area (Å²) in [5.74, 6) is 2.56. The zero-order valence-electron chi connectivity index (χ0n) is 21.6. The molecule has 1 fully saturated rings. The molecule has 4 aromatic rings. The maximum absolute atomic E-state index is 12.8. The lowest BCUT2D eigenvalue weighted by molar-refractivity contribution is 0.0942. The Kier molecular flexibility index (Phi) is 8.51. The van der Waals surface area contributed by atoms with Crippen LogP contribution in [0.3, 0.4) is 0 Å². The second-order valence-electron chi connectivity index (χ2n) is 9.91. The van der Waals surface area contributed by atoms with Gasteiger partial charge in [0.25, 0.3) is 5.91 Å². The molecule has 8 nitrogen and oxygen atoms in total. The number of nitrogens with zero attached hydrogens (tertiary/aromatic N) is 5. The van der Waals surface area contributed by atoms with Crippen LogP contribution < -0.4 is 15.5 Å². The van der Waals surface area contributed by atoms with E-state index >= 15 is 0 Å². The molecule has 0 radical (unpaired) electrons. The molecule has 38 heavy (non-hydrogen) atoms. The highest BCUT2D eigenvalue weighted by Gasteiger charge is 2.23. The van der Waals surface area contributed by atoms with E-state index in [0.717, 1.165) is 48.0 Å². The molecule has 0 spiro atoms. The number of rotatable bonds is 7. The maximum Gasteiger partial charge on any atom is 0.254 e. The van der Waals surface area contributed by atoms with Crippen LogP contribution in [-0.2, 0) is 0 Å². The van der Waals surface area contributed by atoms with Gasteiger partial charge < -0.3 is 15.5 Å². The predicted molar refractivity (Wildman–Crippen MR) is 155 cm³/mol. The summed E-state index contributed by atoms with van der Waals surface area (Å²) in [7, 11) is 4.01. The Hall–Kier alpha value is -4.07. The molecule has 2 aromatic heterocycles. The topological polar surface area (TPSA) is 95.9 Å². The highest BCUT2D eigenvalue weighted by Crippen LogP contribution is 2.28. The minimum atomic E-state index is -0.113. The van der Waals surface area contributed by atoms with E-state index in [1.54, 1.807) is 6.20 Å². The van der Waals surface area contributed by atoms with E-state index in [4.69, 9.17) is 9.97 Å². The monoisotopic (exact) mass is 511 g/mol. The Morgan fingerprint density at radius 3 is 2.37 bits per heavy atom. The van der Waals surface area contributed by atoms with Crippen molar-refractivity contribution >= 4 is 28.6 Å².